The van der Waals surface area contributed by atoms with Crippen LogP contribution < -0.4 is 0 Å². The lowest BCUT2D eigenvalue weighted by molar-refractivity contribution is -0.134. The number of hydrogen-bond acceptors (Lipinski definition) is 4. The molecule has 1 spiro atoms. The van der Waals surface area contributed by atoms with Crippen molar-refractivity contribution in [3.8, 4) is 0 Å². The minimum absolute atomic E-state index is 0.0686. The van der Waals surface area contributed by atoms with Crippen molar-refractivity contribution in [2.45, 2.75) is 24.9 Å². The summed E-state index contributed by atoms with van der Waals surface area (Å²) in [6.07, 6.45) is 5.40. The molecule has 2 aliphatic rings. The van der Waals surface area contributed by atoms with Gasteiger partial charge in [0.05, 0.1) is 18.6 Å². The molecular formula is C20H29N3O4S. The number of carbonyl (C=O) groups excluding carboxylic acids is 1. The summed E-state index contributed by atoms with van der Waals surface area (Å²) < 4.78 is 33.4. The molecule has 0 aromatic heterocycles. The van der Waals surface area contributed by atoms with E-state index in [-0.39, 0.29) is 5.91 Å². The van der Waals surface area contributed by atoms with Crippen LogP contribution in [0.4, 0.5) is 0 Å². The van der Waals surface area contributed by atoms with Crippen molar-refractivity contribution < 1.29 is 17.9 Å². The summed E-state index contributed by atoms with van der Waals surface area (Å²) in [6.45, 7) is 2.34. The van der Waals surface area contributed by atoms with Gasteiger partial charge < -0.3 is 9.64 Å². The van der Waals surface area contributed by atoms with Crippen LogP contribution in [0.1, 0.15) is 24.8 Å². The molecule has 7 nitrogen and oxygen atoms in total. The van der Waals surface area contributed by atoms with Crippen LogP contribution in [-0.2, 0) is 19.7 Å². The molecule has 0 N–H and O–H groups in total. The molecule has 1 aromatic carbocycles. The maximum atomic E-state index is 12.8. The van der Waals surface area contributed by atoms with Crippen LogP contribution in [0, 0.1) is 0 Å². The smallest absolute Gasteiger partial charge is 0.281 e. The Morgan fingerprint density at radius 1 is 1.14 bits per heavy atom. The molecule has 1 amide bonds. The molecule has 3 rings (SSSR count). The summed E-state index contributed by atoms with van der Waals surface area (Å²) in [7, 11) is -0.353. The first kappa shape index (κ1) is 21.0. The third-order valence-electron chi connectivity index (χ3n) is 5.45. The topological polar surface area (TPSA) is 70.2 Å². The normalized spacial score (nSPS) is 21.5. The first-order valence-electron chi connectivity index (χ1n) is 9.63. The van der Waals surface area contributed by atoms with Gasteiger partial charge in [-0.2, -0.15) is 17.0 Å². The molecule has 8 heteroatoms. The summed E-state index contributed by atoms with van der Waals surface area (Å²) in [5, 5.41) is 0. The van der Waals surface area contributed by atoms with Crippen molar-refractivity contribution in [3.05, 3.63) is 42.0 Å². The molecule has 0 atom stereocenters. The lowest BCUT2D eigenvalue weighted by atomic mass is 9.88. The molecule has 2 aliphatic heterocycles. The summed E-state index contributed by atoms with van der Waals surface area (Å²) in [5.41, 5.74) is 0.555. The monoisotopic (exact) mass is 407 g/mol. The number of rotatable bonds is 5. The number of hydrogen-bond donors (Lipinski definition) is 0. The highest BCUT2D eigenvalue weighted by Crippen LogP contribution is 2.33. The van der Waals surface area contributed by atoms with E-state index in [2.05, 4.69) is 0 Å². The van der Waals surface area contributed by atoms with Gasteiger partial charge in [0.25, 0.3) is 10.2 Å². The van der Waals surface area contributed by atoms with E-state index >= 15 is 0 Å². The number of amides is 1. The second kappa shape index (κ2) is 8.73. The molecule has 0 aliphatic carbocycles. The Balaban J connectivity index is 1.58. The van der Waals surface area contributed by atoms with Crippen molar-refractivity contribution in [1.29, 1.82) is 0 Å². The van der Waals surface area contributed by atoms with Gasteiger partial charge in [-0.3, -0.25) is 4.79 Å². The van der Waals surface area contributed by atoms with Gasteiger partial charge >= 0.3 is 0 Å². The zero-order chi connectivity index (χ0) is 20.2. The van der Waals surface area contributed by atoms with Crippen molar-refractivity contribution in [3.63, 3.8) is 0 Å². The maximum absolute atomic E-state index is 12.8. The molecule has 0 radical (unpaired) electrons. The molecule has 1 aromatic rings. The van der Waals surface area contributed by atoms with Crippen molar-refractivity contribution in [1.82, 2.24) is 13.5 Å². The summed E-state index contributed by atoms with van der Waals surface area (Å²) in [5.74, 6) is 0.0686. The second-order valence-corrected chi connectivity index (χ2v) is 9.69. The van der Waals surface area contributed by atoms with E-state index in [1.54, 1.807) is 0 Å². The number of carbonyl (C=O) groups is 1. The fourth-order valence-corrected chi connectivity index (χ4v) is 4.79. The highest BCUT2D eigenvalue weighted by Gasteiger charge is 2.43. The van der Waals surface area contributed by atoms with Gasteiger partial charge in [0.2, 0.25) is 5.91 Å². The van der Waals surface area contributed by atoms with Crippen LogP contribution in [0.5, 0.6) is 0 Å². The first-order chi connectivity index (χ1) is 13.3. The average molecular weight is 408 g/mol. The molecule has 2 saturated heterocycles. The summed E-state index contributed by atoms with van der Waals surface area (Å²) in [6, 6.07) is 9.98. The quantitative estimate of drug-likeness (QED) is 0.743. The molecule has 28 heavy (non-hydrogen) atoms. The lowest BCUT2D eigenvalue weighted by Gasteiger charge is -2.40. The summed E-state index contributed by atoms with van der Waals surface area (Å²) >= 11 is 0. The SMILES string of the molecule is CN(C)S(=O)(=O)N1CCC2(CC1)CC(=O)N(CC=Cc1ccccc1)CCO2. The highest BCUT2D eigenvalue weighted by atomic mass is 32.2. The van der Waals surface area contributed by atoms with Crippen LogP contribution in [0.3, 0.4) is 0 Å². The van der Waals surface area contributed by atoms with Gasteiger partial charge in [0, 0.05) is 40.3 Å². The molecule has 154 valence electrons. The van der Waals surface area contributed by atoms with Crippen LogP contribution >= 0.6 is 0 Å². The van der Waals surface area contributed by atoms with Crippen LogP contribution in [0.15, 0.2) is 36.4 Å². The Morgan fingerprint density at radius 3 is 2.46 bits per heavy atom. The van der Waals surface area contributed by atoms with E-state index in [0.29, 0.717) is 52.0 Å². The van der Waals surface area contributed by atoms with Gasteiger partial charge in [0.1, 0.15) is 0 Å². The van der Waals surface area contributed by atoms with Gasteiger partial charge in [-0.25, -0.2) is 0 Å². The first-order valence-corrected chi connectivity index (χ1v) is 11.0. The third-order valence-corrected chi connectivity index (χ3v) is 7.39. The van der Waals surface area contributed by atoms with Crippen molar-refractivity contribution >= 4 is 22.2 Å². The van der Waals surface area contributed by atoms with Gasteiger partial charge in [-0.1, -0.05) is 42.5 Å². The Hall–Kier alpha value is -1.74. The predicted molar refractivity (Wildman–Crippen MR) is 109 cm³/mol. The van der Waals surface area contributed by atoms with E-state index in [1.165, 1.54) is 22.7 Å². The highest BCUT2D eigenvalue weighted by molar-refractivity contribution is 7.86. The van der Waals surface area contributed by atoms with Gasteiger partial charge in [-0.15, -0.1) is 0 Å². The third kappa shape index (κ3) is 4.81. The second-order valence-electron chi connectivity index (χ2n) is 7.55. The van der Waals surface area contributed by atoms with E-state index in [1.807, 2.05) is 47.4 Å². The van der Waals surface area contributed by atoms with Crippen molar-refractivity contribution in [2.75, 3.05) is 46.9 Å². The predicted octanol–water partition coefficient (Wildman–Crippen LogP) is 1.59. The zero-order valence-electron chi connectivity index (χ0n) is 16.6. The van der Waals surface area contributed by atoms with Crippen molar-refractivity contribution in [2.24, 2.45) is 0 Å². The summed E-state index contributed by atoms with van der Waals surface area (Å²) in [4.78, 5) is 14.6. The van der Waals surface area contributed by atoms with Gasteiger partial charge in [-0.05, 0) is 18.4 Å². The standard InChI is InChI=1S/C20H29N3O4S/c1-21(2)28(25,26)23-13-10-20(11-14-23)17-19(24)22(15-16-27-20)12-6-9-18-7-4-3-5-8-18/h3-9H,10-17H2,1-2H3. The molecule has 2 heterocycles. The Bertz CT molecular complexity index is 800. The fourth-order valence-electron chi connectivity index (χ4n) is 3.69. The van der Waals surface area contributed by atoms with Crippen LogP contribution in [-0.4, -0.2) is 80.3 Å². The van der Waals surface area contributed by atoms with Crippen LogP contribution in [0.2, 0.25) is 0 Å². The number of piperidine rings is 1. The molecule has 0 unspecified atom stereocenters. The molecule has 2 fully saturated rings. The maximum Gasteiger partial charge on any atom is 0.281 e. The Morgan fingerprint density at radius 2 is 1.82 bits per heavy atom. The fraction of sp³-hybridized carbons (Fsp3) is 0.550. The zero-order valence-corrected chi connectivity index (χ0v) is 17.4. The minimum atomic E-state index is -3.42. The van der Waals surface area contributed by atoms with E-state index in [0.717, 1.165) is 5.56 Å². The number of ether oxygens (including phenoxy) is 1. The van der Waals surface area contributed by atoms with Crippen LogP contribution in [0.25, 0.3) is 6.08 Å². The number of benzene rings is 1. The van der Waals surface area contributed by atoms with Gasteiger partial charge in [0.15, 0.2) is 0 Å². The number of nitrogens with zero attached hydrogens (tertiary/aromatic N) is 3. The van der Waals surface area contributed by atoms with E-state index < -0.39 is 15.8 Å². The largest absolute Gasteiger partial charge is 0.373 e. The average Bonchev–Trinajstić information content (AvgIpc) is 2.82. The Labute approximate surface area is 167 Å². The minimum Gasteiger partial charge on any atom is -0.373 e. The lowest BCUT2D eigenvalue weighted by Crippen LogP contribution is -2.51. The van der Waals surface area contributed by atoms with E-state index in [4.69, 9.17) is 4.74 Å². The molecule has 0 bridgehead atoms. The molecular weight excluding hydrogens is 378 g/mol. The Kier molecular flexibility index (Phi) is 6.54. The van der Waals surface area contributed by atoms with E-state index in [9.17, 15) is 13.2 Å². The molecule has 0 saturated carbocycles.